The number of piperazine rings is 1. The van der Waals surface area contributed by atoms with E-state index in [9.17, 15) is 9.59 Å². The number of carbonyl (C=O) groups is 2. The zero-order valence-electron chi connectivity index (χ0n) is 15.5. The van der Waals surface area contributed by atoms with Crippen LogP contribution in [0.4, 0.5) is 0 Å². The van der Waals surface area contributed by atoms with Crippen molar-refractivity contribution in [2.45, 2.75) is 6.92 Å². The lowest BCUT2D eigenvalue weighted by Crippen LogP contribution is -2.50. The van der Waals surface area contributed by atoms with E-state index < -0.39 is 0 Å². The van der Waals surface area contributed by atoms with Gasteiger partial charge in [-0.05, 0) is 43.3 Å². The van der Waals surface area contributed by atoms with Crippen molar-refractivity contribution in [3.63, 3.8) is 0 Å². The fourth-order valence-electron chi connectivity index (χ4n) is 3.23. The monoisotopic (exact) mass is 376 g/mol. The highest BCUT2D eigenvalue weighted by atomic mass is 16.5. The van der Waals surface area contributed by atoms with Crippen LogP contribution in [0, 0.1) is 6.92 Å². The molecule has 1 saturated heterocycles. The van der Waals surface area contributed by atoms with E-state index >= 15 is 0 Å². The largest absolute Gasteiger partial charge is 0.335 e. The van der Waals surface area contributed by atoms with Gasteiger partial charge >= 0.3 is 0 Å². The zero-order chi connectivity index (χ0) is 19.5. The topological polar surface area (TPSA) is 79.5 Å². The van der Waals surface area contributed by atoms with Gasteiger partial charge in [-0.25, -0.2) is 0 Å². The lowest BCUT2D eigenvalue weighted by molar-refractivity contribution is 0.0535. The summed E-state index contributed by atoms with van der Waals surface area (Å²) in [6.07, 6.45) is 0. The molecule has 0 bridgehead atoms. The van der Waals surface area contributed by atoms with E-state index in [4.69, 9.17) is 4.52 Å². The number of aromatic nitrogens is 2. The summed E-state index contributed by atoms with van der Waals surface area (Å²) in [5.74, 6) is 0.967. The Morgan fingerprint density at radius 1 is 0.821 bits per heavy atom. The molecule has 7 nitrogen and oxygen atoms in total. The van der Waals surface area contributed by atoms with Gasteiger partial charge in [0.1, 0.15) is 0 Å². The van der Waals surface area contributed by atoms with Crippen LogP contribution in [0.2, 0.25) is 0 Å². The number of aryl methyl sites for hydroxylation is 1. The fourth-order valence-corrected chi connectivity index (χ4v) is 3.23. The van der Waals surface area contributed by atoms with Crippen molar-refractivity contribution in [2.75, 3.05) is 26.2 Å². The van der Waals surface area contributed by atoms with Crippen molar-refractivity contribution in [3.05, 3.63) is 71.5 Å². The van der Waals surface area contributed by atoms with Gasteiger partial charge in [0, 0.05) is 42.9 Å². The molecule has 2 heterocycles. The van der Waals surface area contributed by atoms with Gasteiger partial charge in [0.15, 0.2) is 5.82 Å². The lowest BCUT2D eigenvalue weighted by atomic mass is 10.1. The minimum absolute atomic E-state index is 0.00639. The van der Waals surface area contributed by atoms with Crippen LogP contribution < -0.4 is 0 Å². The molecule has 2 aromatic carbocycles. The molecule has 7 heteroatoms. The summed E-state index contributed by atoms with van der Waals surface area (Å²) in [6.45, 7) is 3.84. The van der Waals surface area contributed by atoms with E-state index in [0.717, 1.165) is 5.56 Å². The predicted molar refractivity (Wildman–Crippen MR) is 103 cm³/mol. The molecule has 1 fully saturated rings. The molecule has 4 rings (SSSR count). The summed E-state index contributed by atoms with van der Waals surface area (Å²) < 4.78 is 5.14. The molecule has 0 spiro atoms. The number of rotatable bonds is 3. The molecule has 2 amide bonds. The highest BCUT2D eigenvalue weighted by Crippen LogP contribution is 2.19. The predicted octanol–water partition coefficient (Wildman–Crippen LogP) is 2.64. The van der Waals surface area contributed by atoms with E-state index in [1.165, 1.54) is 0 Å². The molecule has 1 aromatic heterocycles. The lowest BCUT2D eigenvalue weighted by Gasteiger charge is -2.34. The maximum atomic E-state index is 12.8. The van der Waals surface area contributed by atoms with Crippen LogP contribution in [0.5, 0.6) is 0 Å². The highest BCUT2D eigenvalue weighted by Gasteiger charge is 2.25. The standard InChI is InChI=1S/C21H20N4O3/c1-15-22-19(28-23-15)16-7-9-18(10-8-16)21(27)25-13-11-24(12-14-25)20(26)17-5-3-2-4-6-17/h2-10H,11-14H2,1H3. The van der Waals surface area contributed by atoms with Crippen molar-refractivity contribution in [1.82, 2.24) is 19.9 Å². The molecular weight excluding hydrogens is 356 g/mol. The molecule has 0 saturated carbocycles. The molecule has 142 valence electrons. The Morgan fingerprint density at radius 3 is 1.86 bits per heavy atom. The summed E-state index contributed by atoms with van der Waals surface area (Å²) in [5.41, 5.74) is 2.05. The smallest absolute Gasteiger partial charge is 0.257 e. The van der Waals surface area contributed by atoms with Gasteiger partial charge < -0.3 is 14.3 Å². The molecule has 3 aromatic rings. The molecule has 0 aliphatic carbocycles. The van der Waals surface area contributed by atoms with Gasteiger partial charge in [0.2, 0.25) is 0 Å². The Bertz CT molecular complexity index is 974. The molecule has 0 unspecified atom stereocenters. The maximum Gasteiger partial charge on any atom is 0.257 e. The number of hydrogen-bond donors (Lipinski definition) is 0. The minimum atomic E-state index is -0.0416. The second-order valence-electron chi connectivity index (χ2n) is 6.67. The first-order valence-corrected chi connectivity index (χ1v) is 9.16. The van der Waals surface area contributed by atoms with E-state index in [1.807, 2.05) is 30.3 Å². The van der Waals surface area contributed by atoms with Gasteiger partial charge in [-0.3, -0.25) is 9.59 Å². The van der Waals surface area contributed by atoms with Gasteiger partial charge in [-0.2, -0.15) is 4.98 Å². The first-order valence-electron chi connectivity index (χ1n) is 9.16. The molecule has 0 atom stereocenters. The fraction of sp³-hybridized carbons (Fsp3) is 0.238. The normalized spacial score (nSPS) is 14.2. The Labute approximate surface area is 162 Å². The number of amides is 2. The van der Waals surface area contributed by atoms with Crippen LogP contribution in [-0.2, 0) is 0 Å². The highest BCUT2D eigenvalue weighted by molar-refractivity contribution is 5.96. The number of nitrogens with zero attached hydrogens (tertiary/aromatic N) is 4. The molecular formula is C21H20N4O3. The van der Waals surface area contributed by atoms with Crippen LogP contribution >= 0.6 is 0 Å². The van der Waals surface area contributed by atoms with Gasteiger partial charge in [-0.15, -0.1) is 0 Å². The summed E-state index contributed by atoms with van der Waals surface area (Å²) in [5, 5.41) is 3.77. The van der Waals surface area contributed by atoms with Gasteiger partial charge in [-0.1, -0.05) is 23.4 Å². The molecule has 1 aliphatic heterocycles. The Morgan fingerprint density at radius 2 is 1.36 bits per heavy atom. The van der Waals surface area contributed by atoms with Crippen LogP contribution in [-0.4, -0.2) is 57.9 Å². The Kier molecular flexibility index (Phi) is 4.89. The first-order chi connectivity index (χ1) is 13.6. The number of hydrogen-bond acceptors (Lipinski definition) is 5. The summed E-state index contributed by atoms with van der Waals surface area (Å²) in [4.78, 5) is 33.0. The third kappa shape index (κ3) is 3.64. The molecule has 28 heavy (non-hydrogen) atoms. The zero-order valence-corrected chi connectivity index (χ0v) is 15.5. The van der Waals surface area contributed by atoms with E-state index in [2.05, 4.69) is 10.1 Å². The van der Waals surface area contributed by atoms with Crippen molar-refractivity contribution in [2.24, 2.45) is 0 Å². The number of carbonyl (C=O) groups excluding carboxylic acids is 2. The maximum absolute atomic E-state index is 12.8. The van der Waals surface area contributed by atoms with E-state index in [-0.39, 0.29) is 11.8 Å². The van der Waals surface area contributed by atoms with Gasteiger partial charge in [0.25, 0.3) is 17.7 Å². The summed E-state index contributed by atoms with van der Waals surface area (Å²) >= 11 is 0. The van der Waals surface area contributed by atoms with Crippen LogP contribution in [0.25, 0.3) is 11.5 Å². The second kappa shape index (κ2) is 7.64. The van der Waals surface area contributed by atoms with Crippen molar-refractivity contribution in [3.8, 4) is 11.5 Å². The summed E-state index contributed by atoms with van der Waals surface area (Å²) in [6, 6.07) is 16.3. The van der Waals surface area contributed by atoms with Crippen LogP contribution in [0.3, 0.4) is 0 Å². The molecule has 1 aliphatic rings. The average molecular weight is 376 g/mol. The summed E-state index contributed by atoms with van der Waals surface area (Å²) in [7, 11) is 0. The van der Waals surface area contributed by atoms with Crippen molar-refractivity contribution < 1.29 is 14.1 Å². The third-order valence-corrected chi connectivity index (χ3v) is 4.78. The first kappa shape index (κ1) is 17.9. The third-order valence-electron chi connectivity index (χ3n) is 4.78. The quantitative estimate of drug-likeness (QED) is 0.702. The van der Waals surface area contributed by atoms with Gasteiger partial charge in [0.05, 0.1) is 0 Å². The average Bonchev–Trinajstić information content (AvgIpc) is 3.20. The SMILES string of the molecule is Cc1noc(-c2ccc(C(=O)N3CCN(C(=O)c4ccccc4)CC3)cc2)n1. The van der Waals surface area contributed by atoms with Crippen LogP contribution in [0.15, 0.2) is 59.1 Å². The van der Waals surface area contributed by atoms with Crippen LogP contribution in [0.1, 0.15) is 26.5 Å². The Balaban J connectivity index is 1.38. The number of benzene rings is 2. The van der Waals surface area contributed by atoms with E-state index in [1.54, 1.807) is 41.0 Å². The van der Waals surface area contributed by atoms with Crippen molar-refractivity contribution in [1.29, 1.82) is 0 Å². The van der Waals surface area contributed by atoms with Crippen molar-refractivity contribution >= 4 is 11.8 Å². The van der Waals surface area contributed by atoms with E-state index in [0.29, 0.717) is 49.0 Å². The Hall–Kier alpha value is -3.48. The molecule has 0 radical (unpaired) electrons. The molecule has 0 N–H and O–H groups in total. The second-order valence-corrected chi connectivity index (χ2v) is 6.67. The minimum Gasteiger partial charge on any atom is -0.335 e.